The summed E-state index contributed by atoms with van der Waals surface area (Å²) in [7, 11) is 2.01. The molecule has 2 aliphatic heterocycles. The van der Waals surface area contributed by atoms with E-state index >= 15 is 0 Å². The molecule has 13 nitrogen and oxygen atoms in total. The molecule has 2 aliphatic rings. The number of aryl methyl sites for hydroxylation is 1. The van der Waals surface area contributed by atoms with Crippen molar-refractivity contribution in [2.45, 2.75) is 123 Å². The van der Waals surface area contributed by atoms with Crippen LogP contribution in [0.4, 0.5) is 4.79 Å². The van der Waals surface area contributed by atoms with Gasteiger partial charge in [0.05, 0.1) is 54.1 Å². The highest BCUT2D eigenvalue weighted by molar-refractivity contribution is 6.74. The fourth-order valence-corrected chi connectivity index (χ4v) is 7.85. The molecular weight excluding hydrogens is 701 g/mol. The second-order valence-corrected chi connectivity index (χ2v) is 22.1. The SMILES string of the molecule is C[C@H]1CN(C)Cc2c(c(CNC(=O)OC(C)(C)C)nn2CCO[Si](C)(C)C(C)(C)C)/C=C/c2nn(C3CCCCO3)c3ccc(cc23)-c2cnn(C)c2O1. The summed E-state index contributed by atoms with van der Waals surface area (Å²) in [5.41, 5.74) is 5.79. The molecule has 2 atom stereocenters. The number of hydrogen-bond donors (Lipinski definition) is 1. The average Bonchev–Trinajstić information content (AvgIpc) is 3.73. The van der Waals surface area contributed by atoms with Crippen molar-refractivity contribution in [3.63, 3.8) is 0 Å². The quantitative estimate of drug-likeness (QED) is 0.188. The average molecular weight is 761 g/mol. The summed E-state index contributed by atoms with van der Waals surface area (Å²) in [5.74, 6) is 0.717. The van der Waals surface area contributed by atoms with Crippen LogP contribution in [0.15, 0.2) is 24.4 Å². The van der Waals surface area contributed by atoms with Gasteiger partial charge in [-0.3, -0.25) is 9.58 Å². The van der Waals surface area contributed by atoms with Crippen LogP contribution < -0.4 is 10.1 Å². The zero-order valence-electron chi connectivity index (χ0n) is 34.2. The van der Waals surface area contributed by atoms with Gasteiger partial charge in [-0.25, -0.2) is 14.2 Å². The maximum absolute atomic E-state index is 12.9. The van der Waals surface area contributed by atoms with E-state index in [1.807, 2.05) is 43.4 Å². The number of aromatic nitrogens is 6. The topological polar surface area (TPSA) is 123 Å². The second kappa shape index (κ2) is 15.6. The molecular formula is C40H60N8O5Si. The van der Waals surface area contributed by atoms with Crippen LogP contribution in [0.2, 0.25) is 18.1 Å². The molecule has 1 unspecified atom stereocenters. The minimum atomic E-state index is -2.00. The van der Waals surface area contributed by atoms with Crippen LogP contribution in [0.25, 0.3) is 34.2 Å². The molecule has 1 aromatic carbocycles. The summed E-state index contributed by atoms with van der Waals surface area (Å²) in [6, 6.07) is 6.42. The van der Waals surface area contributed by atoms with Gasteiger partial charge in [0, 0.05) is 37.7 Å². The van der Waals surface area contributed by atoms with Gasteiger partial charge in [0.2, 0.25) is 5.88 Å². The first-order valence-corrected chi connectivity index (χ1v) is 22.2. The van der Waals surface area contributed by atoms with E-state index in [-0.39, 0.29) is 23.9 Å². The number of fused-ring (bicyclic) bond motifs is 4. The van der Waals surface area contributed by atoms with Crippen LogP contribution in [-0.2, 0) is 40.6 Å². The van der Waals surface area contributed by atoms with Gasteiger partial charge in [0.25, 0.3) is 0 Å². The van der Waals surface area contributed by atoms with Crippen LogP contribution in [0, 0.1) is 0 Å². The number of hydrogen-bond acceptors (Lipinski definition) is 9. The van der Waals surface area contributed by atoms with Crippen molar-refractivity contribution in [3.8, 4) is 17.0 Å². The van der Waals surface area contributed by atoms with Gasteiger partial charge in [0.15, 0.2) is 14.5 Å². The Labute approximate surface area is 321 Å². The Morgan fingerprint density at radius 2 is 1.85 bits per heavy atom. The number of nitrogens with zero attached hydrogens (tertiary/aromatic N) is 7. The molecule has 3 aromatic heterocycles. The van der Waals surface area contributed by atoms with E-state index in [1.165, 1.54) is 0 Å². The van der Waals surface area contributed by atoms with Crippen molar-refractivity contribution in [3.05, 3.63) is 47.0 Å². The molecule has 2 bridgehead atoms. The van der Waals surface area contributed by atoms with Gasteiger partial charge in [-0.15, -0.1) is 0 Å². The number of rotatable bonds is 7. The zero-order chi connectivity index (χ0) is 39.0. The molecule has 1 fully saturated rings. The normalized spacial score (nSPS) is 19.5. The Morgan fingerprint density at radius 3 is 2.56 bits per heavy atom. The molecule has 0 spiro atoms. The molecule has 1 saturated heterocycles. The lowest BCUT2D eigenvalue weighted by Gasteiger charge is -2.36. The van der Waals surface area contributed by atoms with Crippen LogP contribution in [0.1, 0.15) is 96.6 Å². The summed E-state index contributed by atoms with van der Waals surface area (Å²) in [5, 5.41) is 19.0. The first kappa shape index (κ1) is 39.7. The van der Waals surface area contributed by atoms with E-state index in [9.17, 15) is 4.79 Å². The third-order valence-electron chi connectivity index (χ3n) is 10.6. The van der Waals surface area contributed by atoms with E-state index in [0.29, 0.717) is 38.7 Å². The van der Waals surface area contributed by atoms with E-state index in [1.54, 1.807) is 4.68 Å². The first-order chi connectivity index (χ1) is 25.4. The summed E-state index contributed by atoms with van der Waals surface area (Å²) < 4.78 is 31.0. The van der Waals surface area contributed by atoms with E-state index in [4.69, 9.17) is 28.8 Å². The highest BCUT2D eigenvalue weighted by atomic mass is 28.4. The van der Waals surface area contributed by atoms with Gasteiger partial charge < -0.3 is 24.0 Å². The van der Waals surface area contributed by atoms with Crippen molar-refractivity contribution in [2.24, 2.45) is 7.05 Å². The Balaban J connectivity index is 1.48. The fourth-order valence-electron chi connectivity index (χ4n) is 6.82. The molecule has 1 amide bonds. The monoisotopic (exact) mass is 760 g/mol. The summed E-state index contributed by atoms with van der Waals surface area (Å²) in [6.45, 7) is 22.2. The largest absolute Gasteiger partial charge is 0.473 e. The number of alkyl carbamates (subject to hydrolysis) is 1. The molecule has 6 rings (SSSR count). The lowest BCUT2D eigenvalue weighted by atomic mass is 10.0. The first-order valence-electron chi connectivity index (χ1n) is 19.3. The van der Waals surface area contributed by atoms with E-state index in [0.717, 1.165) is 63.9 Å². The Morgan fingerprint density at radius 1 is 1.07 bits per heavy atom. The van der Waals surface area contributed by atoms with Crippen LogP contribution in [0.3, 0.4) is 0 Å². The molecule has 294 valence electrons. The number of carbonyl (C=O) groups is 1. The molecule has 14 heteroatoms. The van der Waals surface area contributed by atoms with Crippen molar-refractivity contribution >= 4 is 37.5 Å². The van der Waals surface area contributed by atoms with Crippen LogP contribution in [0.5, 0.6) is 5.88 Å². The fraction of sp³-hybridized carbons (Fsp3) is 0.600. The smallest absolute Gasteiger partial charge is 0.407 e. The highest BCUT2D eigenvalue weighted by Gasteiger charge is 2.37. The standard InChI is InChI=1S/C40H60N8O5Si/c1-27-25-45(8)26-35-29(33(24-41-38(49)53-39(2,3)4)43-47(35)19-21-51-54(10,11)40(5,6)7)16-17-32-30-22-28(31-23-42-46(9)37(31)52-27)15-18-34(30)48(44-32)36-14-12-13-20-50-36/h15-18,22-23,27,36H,12-14,19-21,24-26H2,1-11H3,(H,41,49)/b17-16+/t27-,36?/m0/s1. The molecule has 4 aromatic rings. The number of likely N-dealkylation sites (N-methyl/N-ethyl adjacent to an activating group) is 1. The Hall–Kier alpha value is -3.98. The van der Waals surface area contributed by atoms with Crippen molar-refractivity contribution in [1.82, 2.24) is 39.6 Å². The highest BCUT2D eigenvalue weighted by Crippen LogP contribution is 2.38. The number of carbonyl (C=O) groups excluding carboxylic acids is 1. The lowest BCUT2D eigenvalue weighted by molar-refractivity contribution is -0.0367. The molecule has 54 heavy (non-hydrogen) atoms. The minimum absolute atomic E-state index is 0.0822. The number of nitrogens with one attached hydrogen (secondary N) is 1. The molecule has 0 aliphatic carbocycles. The third-order valence-corrected chi connectivity index (χ3v) is 15.2. The number of ether oxygens (including phenoxy) is 3. The summed E-state index contributed by atoms with van der Waals surface area (Å²) in [4.78, 5) is 15.1. The van der Waals surface area contributed by atoms with Crippen LogP contribution in [-0.4, -0.2) is 87.2 Å². The van der Waals surface area contributed by atoms with Crippen LogP contribution >= 0.6 is 0 Å². The summed E-state index contributed by atoms with van der Waals surface area (Å²) in [6.07, 6.45) is 8.31. The molecule has 0 saturated carbocycles. The van der Waals surface area contributed by atoms with Gasteiger partial charge in [-0.1, -0.05) is 26.8 Å². The van der Waals surface area contributed by atoms with E-state index in [2.05, 4.69) is 93.5 Å². The second-order valence-electron chi connectivity index (χ2n) is 17.3. The van der Waals surface area contributed by atoms with Gasteiger partial charge in [-0.05, 0) is 102 Å². The number of benzene rings is 1. The van der Waals surface area contributed by atoms with Crippen molar-refractivity contribution in [1.29, 1.82) is 0 Å². The molecule has 5 heterocycles. The molecule has 0 radical (unpaired) electrons. The number of amides is 1. The lowest BCUT2D eigenvalue weighted by Crippen LogP contribution is -2.41. The minimum Gasteiger partial charge on any atom is -0.473 e. The third kappa shape index (κ3) is 8.93. The van der Waals surface area contributed by atoms with E-state index < -0.39 is 20.0 Å². The van der Waals surface area contributed by atoms with Gasteiger partial charge >= 0.3 is 6.09 Å². The molecule has 1 N–H and O–H groups in total. The summed E-state index contributed by atoms with van der Waals surface area (Å²) >= 11 is 0. The predicted molar refractivity (Wildman–Crippen MR) is 215 cm³/mol. The predicted octanol–water partition coefficient (Wildman–Crippen LogP) is 7.76. The Kier molecular flexibility index (Phi) is 11.5. The Bertz CT molecular complexity index is 1980. The van der Waals surface area contributed by atoms with Crippen molar-refractivity contribution < 1.29 is 23.4 Å². The van der Waals surface area contributed by atoms with Gasteiger partial charge in [-0.2, -0.15) is 15.3 Å². The van der Waals surface area contributed by atoms with Crippen molar-refractivity contribution in [2.75, 3.05) is 26.8 Å². The maximum Gasteiger partial charge on any atom is 0.407 e. The zero-order valence-corrected chi connectivity index (χ0v) is 35.2. The maximum atomic E-state index is 12.9. The van der Waals surface area contributed by atoms with Gasteiger partial charge in [0.1, 0.15) is 11.7 Å².